The molecule has 0 radical (unpaired) electrons. The molecule has 1 saturated heterocycles. The molecule has 0 aliphatic carbocycles. The fourth-order valence-corrected chi connectivity index (χ4v) is 2.83. The molecule has 2 rings (SSSR count). The van der Waals surface area contributed by atoms with E-state index in [-0.39, 0.29) is 28.3 Å². The number of rotatable bonds is 1. The third kappa shape index (κ3) is 2.79. The van der Waals surface area contributed by atoms with E-state index in [1.165, 1.54) is 0 Å². The second-order valence-corrected chi connectivity index (χ2v) is 5.71. The summed E-state index contributed by atoms with van der Waals surface area (Å²) in [6.45, 7) is 4.04. The van der Waals surface area contributed by atoms with Gasteiger partial charge >= 0.3 is 0 Å². The molecular formula is C12H14BrClN2O2. The van der Waals surface area contributed by atoms with Gasteiger partial charge in [-0.2, -0.15) is 0 Å². The number of phenols is 1. The summed E-state index contributed by atoms with van der Waals surface area (Å²) >= 11 is 9.14. The minimum absolute atomic E-state index is 0.156. The number of benzene rings is 1. The Morgan fingerprint density at radius 3 is 3.00 bits per heavy atom. The number of aromatic hydroxyl groups is 1. The molecule has 1 heterocycles. The van der Waals surface area contributed by atoms with Crippen LogP contribution in [0.3, 0.4) is 0 Å². The summed E-state index contributed by atoms with van der Waals surface area (Å²) in [6, 6.07) is 3.41. The van der Waals surface area contributed by atoms with Gasteiger partial charge in [0.1, 0.15) is 5.75 Å². The van der Waals surface area contributed by atoms with Crippen molar-refractivity contribution in [3.05, 3.63) is 27.2 Å². The Bertz CT molecular complexity index is 481. The summed E-state index contributed by atoms with van der Waals surface area (Å²) in [5, 5.41) is 13.3. The maximum atomic E-state index is 12.3. The van der Waals surface area contributed by atoms with Crippen LogP contribution < -0.4 is 5.32 Å². The Morgan fingerprint density at radius 1 is 1.61 bits per heavy atom. The lowest BCUT2D eigenvalue weighted by atomic mass is 10.1. The molecule has 0 aromatic heterocycles. The number of hydrogen-bond donors (Lipinski definition) is 2. The van der Waals surface area contributed by atoms with Crippen molar-refractivity contribution < 1.29 is 9.90 Å². The first-order valence-corrected chi connectivity index (χ1v) is 6.87. The van der Waals surface area contributed by atoms with Gasteiger partial charge in [-0.05, 0) is 19.1 Å². The molecule has 6 heteroatoms. The van der Waals surface area contributed by atoms with E-state index in [0.717, 1.165) is 6.54 Å². The van der Waals surface area contributed by atoms with Crippen molar-refractivity contribution in [2.75, 3.05) is 19.6 Å². The van der Waals surface area contributed by atoms with Crippen LogP contribution in [0.25, 0.3) is 0 Å². The van der Waals surface area contributed by atoms with E-state index in [1.54, 1.807) is 17.0 Å². The van der Waals surface area contributed by atoms with Crippen molar-refractivity contribution in [2.45, 2.75) is 13.0 Å². The lowest BCUT2D eigenvalue weighted by Crippen LogP contribution is -2.51. The highest BCUT2D eigenvalue weighted by Crippen LogP contribution is 2.32. The van der Waals surface area contributed by atoms with E-state index < -0.39 is 0 Å². The van der Waals surface area contributed by atoms with Gasteiger partial charge in [0.05, 0.1) is 10.6 Å². The minimum Gasteiger partial charge on any atom is -0.506 e. The van der Waals surface area contributed by atoms with Crippen molar-refractivity contribution in [1.82, 2.24) is 10.2 Å². The second-order valence-electron chi connectivity index (χ2n) is 4.39. The summed E-state index contributed by atoms with van der Waals surface area (Å²) < 4.78 is 0.678. The molecule has 2 N–H and O–H groups in total. The number of nitrogens with one attached hydrogen (secondary N) is 1. The number of hydrogen-bond acceptors (Lipinski definition) is 3. The zero-order valence-corrected chi connectivity index (χ0v) is 12.3. The van der Waals surface area contributed by atoms with Gasteiger partial charge < -0.3 is 15.3 Å². The normalized spacial score (nSPS) is 19.9. The van der Waals surface area contributed by atoms with E-state index in [2.05, 4.69) is 21.2 Å². The van der Waals surface area contributed by atoms with Gasteiger partial charge in [-0.3, -0.25) is 4.79 Å². The Hall–Kier alpha value is -0.780. The summed E-state index contributed by atoms with van der Waals surface area (Å²) in [6.07, 6.45) is 0. The SMILES string of the molecule is C[C@@H]1CN(C(=O)c2cc(Br)cc(Cl)c2O)CCN1. The molecule has 1 aromatic rings. The van der Waals surface area contributed by atoms with E-state index >= 15 is 0 Å². The fraction of sp³-hybridized carbons (Fsp3) is 0.417. The number of amides is 1. The first kappa shape index (κ1) is 13.6. The van der Waals surface area contributed by atoms with Gasteiger partial charge in [0, 0.05) is 30.1 Å². The number of piperazine rings is 1. The average Bonchev–Trinajstić information content (AvgIpc) is 2.33. The molecule has 0 bridgehead atoms. The van der Waals surface area contributed by atoms with Crippen LogP contribution in [0.4, 0.5) is 0 Å². The van der Waals surface area contributed by atoms with Gasteiger partial charge in [-0.25, -0.2) is 0 Å². The molecule has 1 amide bonds. The Labute approximate surface area is 119 Å². The van der Waals surface area contributed by atoms with Crippen molar-refractivity contribution >= 4 is 33.4 Å². The summed E-state index contributed by atoms with van der Waals surface area (Å²) in [4.78, 5) is 14.1. The molecule has 4 nitrogen and oxygen atoms in total. The third-order valence-electron chi connectivity index (χ3n) is 2.91. The van der Waals surface area contributed by atoms with Gasteiger partial charge in [-0.15, -0.1) is 0 Å². The van der Waals surface area contributed by atoms with E-state index in [4.69, 9.17) is 11.6 Å². The molecule has 1 aromatic carbocycles. The summed E-state index contributed by atoms with van der Waals surface area (Å²) in [5.41, 5.74) is 0.239. The number of phenolic OH excluding ortho intramolecular Hbond substituents is 1. The number of carbonyl (C=O) groups is 1. The molecule has 1 aliphatic rings. The summed E-state index contributed by atoms with van der Waals surface area (Å²) in [5.74, 6) is -0.347. The van der Waals surface area contributed by atoms with Crippen molar-refractivity contribution in [1.29, 1.82) is 0 Å². The standard InChI is InChI=1S/C12H14BrClN2O2/c1-7-6-16(3-2-15-7)12(18)9-4-8(13)5-10(14)11(9)17/h4-5,7,15,17H,2-3,6H2,1H3/t7-/m1/s1. The Morgan fingerprint density at radius 2 is 2.33 bits per heavy atom. The van der Waals surface area contributed by atoms with Crippen molar-refractivity contribution in [3.63, 3.8) is 0 Å². The van der Waals surface area contributed by atoms with Crippen LogP contribution in [0, 0.1) is 0 Å². The topological polar surface area (TPSA) is 52.6 Å². The minimum atomic E-state index is -0.191. The van der Waals surface area contributed by atoms with Crippen LogP contribution in [0.15, 0.2) is 16.6 Å². The van der Waals surface area contributed by atoms with Crippen molar-refractivity contribution in [2.24, 2.45) is 0 Å². The predicted molar refractivity (Wildman–Crippen MR) is 74.2 cm³/mol. The largest absolute Gasteiger partial charge is 0.506 e. The highest BCUT2D eigenvalue weighted by molar-refractivity contribution is 9.10. The van der Waals surface area contributed by atoms with Gasteiger partial charge in [-0.1, -0.05) is 27.5 Å². The number of nitrogens with zero attached hydrogens (tertiary/aromatic N) is 1. The highest BCUT2D eigenvalue weighted by atomic mass is 79.9. The van der Waals surface area contributed by atoms with Gasteiger partial charge in [0.2, 0.25) is 0 Å². The van der Waals surface area contributed by atoms with Gasteiger partial charge in [0.25, 0.3) is 5.91 Å². The molecule has 0 saturated carbocycles. The first-order valence-electron chi connectivity index (χ1n) is 5.69. The van der Waals surface area contributed by atoms with Gasteiger partial charge in [0.15, 0.2) is 0 Å². The van der Waals surface area contributed by atoms with Crippen LogP contribution in [0.2, 0.25) is 5.02 Å². The summed E-state index contributed by atoms with van der Waals surface area (Å²) in [7, 11) is 0. The molecule has 0 spiro atoms. The third-order valence-corrected chi connectivity index (χ3v) is 3.66. The lowest BCUT2D eigenvalue weighted by Gasteiger charge is -2.32. The maximum Gasteiger partial charge on any atom is 0.257 e. The van der Waals surface area contributed by atoms with E-state index in [1.807, 2.05) is 6.92 Å². The number of carbonyl (C=O) groups excluding carboxylic acids is 1. The predicted octanol–water partition coefficient (Wildman–Crippen LogP) is 2.24. The monoisotopic (exact) mass is 332 g/mol. The Balaban J connectivity index is 2.28. The molecule has 0 unspecified atom stereocenters. The lowest BCUT2D eigenvalue weighted by molar-refractivity contribution is 0.0706. The molecular weight excluding hydrogens is 320 g/mol. The highest BCUT2D eigenvalue weighted by Gasteiger charge is 2.24. The molecule has 1 aliphatic heterocycles. The quantitative estimate of drug-likeness (QED) is 0.829. The van der Waals surface area contributed by atoms with E-state index in [9.17, 15) is 9.90 Å². The first-order chi connectivity index (χ1) is 8.49. The van der Waals surface area contributed by atoms with Crippen molar-refractivity contribution in [3.8, 4) is 5.75 Å². The molecule has 1 fully saturated rings. The smallest absolute Gasteiger partial charge is 0.257 e. The second kappa shape index (κ2) is 5.47. The van der Waals surface area contributed by atoms with Crippen LogP contribution in [0.5, 0.6) is 5.75 Å². The van der Waals surface area contributed by atoms with Crippen LogP contribution in [0.1, 0.15) is 17.3 Å². The zero-order valence-electron chi connectivity index (χ0n) is 9.91. The average molecular weight is 334 g/mol. The zero-order chi connectivity index (χ0) is 13.3. The van der Waals surface area contributed by atoms with E-state index in [0.29, 0.717) is 17.6 Å². The van der Waals surface area contributed by atoms with Crippen LogP contribution in [-0.4, -0.2) is 41.6 Å². The molecule has 1 atom stereocenters. The Kier molecular flexibility index (Phi) is 4.14. The fourth-order valence-electron chi connectivity index (χ4n) is 2.02. The molecule has 18 heavy (non-hydrogen) atoms. The molecule has 98 valence electrons. The van der Waals surface area contributed by atoms with Crippen LogP contribution >= 0.6 is 27.5 Å². The van der Waals surface area contributed by atoms with Crippen LogP contribution in [-0.2, 0) is 0 Å². The number of halogens is 2. The maximum absolute atomic E-state index is 12.3.